The van der Waals surface area contributed by atoms with Crippen molar-refractivity contribution in [2.45, 2.75) is 39.7 Å². The quantitative estimate of drug-likeness (QED) is 0.653. The highest BCUT2D eigenvalue weighted by Crippen LogP contribution is 2.43. The van der Waals surface area contributed by atoms with Gasteiger partial charge in [0.25, 0.3) is 0 Å². The Balaban J connectivity index is 2.02. The van der Waals surface area contributed by atoms with Crippen LogP contribution < -0.4 is 0 Å². The van der Waals surface area contributed by atoms with E-state index < -0.39 is 0 Å². The highest BCUT2D eigenvalue weighted by atomic mass is 14.9. The Morgan fingerprint density at radius 3 is 2.54 bits per heavy atom. The maximum atomic E-state index is 2.41. The second kappa shape index (κ2) is 3.21. The molecule has 0 bridgehead atoms. The van der Waals surface area contributed by atoms with Gasteiger partial charge in [-0.25, -0.2) is 0 Å². The van der Waals surface area contributed by atoms with Crippen LogP contribution in [0.1, 0.15) is 33.1 Å². The van der Waals surface area contributed by atoms with Gasteiger partial charge >= 0.3 is 0 Å². The Labute approximate surface area is 80.8 Å². The van der Waals surface area contributed by atoms with Crippen molar-refractivity contribution in [1.29, 1.82) is 0 Å². The predicted molar refractivity (Wildman–Crippen MR) is 55.6 cm³/mol. The third-order valence-electron chi connectivity index (χ3n) is 3.58. The molecule has 0 aromatic carbocycles. The SMILES string of the molecule is CC1(C)CCCC1Cn1cccc1. The van der Waals surface area contributed by atoms with Crippen LogP contribution in [0.15, 0.2) is 24.5 Å². The molecule has 1 aliphatic rings. The van der Waals surface area contributed by atoms with E-state index >= 15 is 0 Å². The maximum absolute atomic E-state index is 2.41. The number of aromatic nitrogens is 1. The number of hydrogen-bond acceptors (Lipinski definition) is 0. The summed E-state index contributed by atoms with van der Waals surface area (Å²) in [6, 6.07) is 4.23. The molecule has 13 heavy (non-hydrogen) atoms. The van der Waals surface area contributed by atoms with Crippen molar-refractivity contribution in [3.8, 4) is 0 Å². The Morgan fingerprint density at radius 2 is 2.00 bits per heavy atom. The van der Waals surface area contributed by atoms with Gasteiger partial charge in [0.2, 0.25) is 0 Å². The van der Waals surface area contributed by atoms with E-state index in [1.807, 2.05) is 0 Å². The second-order valence-electron chi connectivity index (χ2n) is 4.96. The fourth-order valence-corrected chi connectivity index (χ4v) is 2.48. The van der Waals surface area contributed by atoms with E-state index in [9.17, 15) is 0 Å². The van der Waals surface area contributed by atoms with Gasteiger partial charge < -0.3 is 4.57 Å². The van der Waals surface area contributed by atoms with Crippen molar-refractivity contribution in [3.63, 3.8) is 0 Å². The molecular formula is C12H19N. The van der Waals surface area contributed by atoms with Crippen molar-refractivity contribution >= 4 is 0 Å². The number of hydrogen-bond donors (Lipinski definition) is 0. The molecule has 1 aliphatic carbocycles. The molecule has 1 unspecified atom stereocenters. The zero-order valence-electron chi connectivity index (χ0n) is 8.66. The van der Waals surface area contributed by atoms with Crippen molar-refractivity contribution < 1.29 is 0 Å². The molecule has 1 saturated carbocycles. The van der Waals surface area contributed by atoms with Gasteiger partial charge in [-0.2, -0.15) is 0 Å². The van der Waals surface area contributed by atoms with Gasteiger partial charge in [0.05, 0.1) is 0 Å². The smallest absolute Gasteiger partial charge is 0.0253 e. The third-order valence-corrected chi connectivity index (χ3v) is 3.58. The lowest BCUT2D eigenvalue weighted by molar-refractivity contribution is 0.232. The zero-order valence-corrected chi connectivity index (χ0v) is 8.66. The first-order chi connectivity index (χ1) is 6.18. The first kappa shape index (κ1) is 8.86. The van der Waals surface area contributed by atoms with Gasteiger partial charge in [-0.05, 0) is 36.3 Å². The molecule has 2 rings (SSSR count). The van der Waals surface area contributed by atoms with Gasteiger partial charge in [0.15, 0.2) is 0 Å². The molecule has 0 radical (unpaired) electrons. The first-order valence-corrected chi connectivity index (χ1v) is 5.29. The molecule has 72 valence electrons. The highest BCUT2D eigenvalue weighted by Gasteiger charge is 2.34. The first-order valence-electron chi connectivity index (χ1n) is 5.29. The largest absolute Gasteiger partial charge is 0.354 e. The van der Waals surface area contributed by atoms with E-state index in [1.54, 1.807) is 0 Å². The maximum Gasteiger partial charge on any atom is 0.0253 e. The van der Waals surface area contributed by atoms with Gasteiger partial charge in [-0.15, -0.1) is 0 Å². The molecule has 0 amide bonds. The van der Waals surface area contributed by atoms with Crippen molar-refractivity contribution in [2.24, 2.45) is 11.3 Å². The molecule has 1 atom stereocenters. The average Bonchev–Trinajstić information content (AvgIpc) is 2.63. The normalized spacial score (nSPS) is 26.5. The molecule has 0 aliphatic heterocycles. The van der Waals surface area contributed by atoms with E-state index in [1.165, 1.54) is 25.8 Å². The lowest BCUT2D eigenvalue weighted by atomic mass is 9.82. The fourth-order valence-electron chi connectivity index (χ4n) is 2.48. The van der Waals surface area contributed by atoms with Crippen LogP contribution in [0.2, 0.25) is 0 Å². The van der Waals surface area contributed by atoms with E-state index in [0.717, 1.165) is 5.92 Å². The lowest BCUT2D eigenvalue weighted by Crippen LogP contribution is -2.21. The van der Waals surface area contributed by atoms with Crippen LogP contribution in [0.5, 0.6) is 0 Å². The van der Waals surface area contributed by atoms with Crippen molar-refractivity contribution in [1.82, 2.24) is 4.57 Å². The fraction of sp³-hybridized carbons (Fsp3) is 0.667. The van der Waals surface area contributed by atoms with Crippen LogP contribution >= 0.6 is 0 Å². The molecule has 1 heteroatoms. The standard InChI is InChI=1S/C12H19N/c1-12(2)7-5-6-11(12)10-13-8-3-4-9-13/h3-4,8-9,11H,5-7,10H2,1-2H3. The van der Waals surface area contributed by atoms with Gasteiger partial charge in [-0.1, -0.05) is 20.3 Å². The van der Waals surface area contributed by atoms with E-state index in [4.69, 9.17) is 0 Å². The molecule has 1 nitrogen and oxygen atoms in total. The highest BCUT2D eigenvalue weighted by molar-refractivity contribution is 4.93. The van der Waals surface area contributed by atoms with Gasteiger partial charge in [0, 0.05) is 18.9 Å². The minimum atomic E-state index is 0.560. The average molecular weight is 177 g/mol. The topological polar surface area (TPSA) is 4.93 Å². The molecule has 0 spiro atoms. The number of nitrogens with zero attached hydrogens (tertiary/aromatic N) is 1. The minimum Gasteiger partial charge on any atom is -0.354 e. The summed E-state index contributed by atoms with van der Waals surface area (Å²) < 4.78 is 2.32. The summed E-state index contributed by atoms with van der Waals surface area (Å²) in [6.07, 6.45) is 8.58. The summed E-state index contributed by atoms with van der Waals surface area (Å²) in [5, 5.41) is 0. The summed E-state index contributed by atoms with van der Waals surface area (Å²) in [4.78, 5) is 0. The number of rotatable bonds is 2. The molecule has 1 aromatic rings. The predicted octanol–water partition coefficient (Wildman–Crippen LogP) is 3.31. The lowest BCUT2D eigenvalue weighted by Gasteiger charge is -2.27. The molecule has 1 aromatic heterocycles. The van der Waals surface area contributed by atoms with Crippen LogP contribution in [-0.4, -0.2) is 4.57 Å². The van der Waals surface area contributed by atoms with Crippen molar-refractivity contribution in [2.75, 3.05) is 0 Å². The molecule has 1 heterocycles. The van der Waals surface area contributed by atoms with Crippen LogP contribution in [0.3, 0.4) is 0 Å². The zero-order chi connectivity index (χ0) is 9.31. The Kier molecular flexibility index (Phi) is 2.19. The van der Waals surface area contributed by atoms with Crippen LogP contribution in [0, 0.1) is 11.3 Å². The minimum absolute atomic E-state index is 0.560. The monoisotopic (exact) mass is 177 g/mol. The summed E-state index contributed by atoms with van der Waals surface area (Å²) in [6.45, 7) is 6.03. The summed E-state index contributed by atoms with van der Waals surface area (Å²) >= 11 is 0. The van der Waals surface area contributed by atoms with E-state index in [0.29, 0.717) is 5.41 Å². The summed E-state index contributed by atoms with van der Waals surface area (Å²) in [7, 11) is 0. The molecule has 0 N–H and O–H groups in total. The van der Waals surface area contributed by atoms with Gasteiger partial charge in [0.1, 0.15) is 0 Å². The van der Waals surface area contributed by atoms with Crippen LogP contribution in [0.25, 0.3) is 0 Å². The second-order valence-corrected chi connectivity index (χ2v) is 4.96. The van der Waals surface area contributed by atoms with Crippen LogP contribution in [0.4, 0.5) is 0 Å². The molecule has 0 saturated heterocycles. The summed E-state index contributed by atoms with van der Waals surface area (Å²) in [5.74, 6) is 0.875. The van der Waals surface area contributed by atoms with E-state index in [2.05, 4.69) is 42.9 Å². The molecular weight excluding hydrogens is 158 g/mol. The Bertz CT molecular complexity index is 259. The third kappa shape index (κ3) is 1.79. The van der Waals surface area contributed by atoms with Crippen LogP contribution in [-0.2, 0) is 6.54 Å². The van der Waals surface area contributed by atoms with E-state index in [-0.39, 0.29) is 0 Å². The molecule has 1 fully saturated rings. The van der Waals surface area contributed by atoms with Gasteiger partial charge in [-0.3, -0.25) is 0 Å². The Hall–Kier alpha value is -0.720. The summed E-state index contributed by atoms with van der Waals surface area (Å²) in [5.41, 5.74) is 0.560. The van der Waals surface area contributed by atoms with Crippen molar-refractivity contribution in [3.05, 3.63) is 24.5 Å². The Morgan fingerprint density at radius 1 is 1.31 bits per heavy atom.